The van der Waals surface area contributed by atoms with Gasteiger partial charge in [-0.05, 0) is 37.1 Å². The predicted molar refractivity (Wildman–Crippen MR) is 81.2 cm³/mol. The molecule has 0 aliphatic rings. The van der Waals surface area contributed by atoms with Gasteiger partial charge in [0.2, 0.25) is 0 Å². The van der Waals surface area contributed by atoms with Gasteiger partial charge in [-0.15, -0.1) is 0 Å². The van der Waals surface area contributed by atoms with Gasteiger partial charge in [-0.2, -0.15) is 0 Å². The number of hydrogen-bond acceptors (Lipinski definition) is 3. The largest absolute Gasteiger partial charge is 0.508 e. The average molecular weight is 279 g/mol. The lowest BCUT2D eigenvalue weighted by Crippen LogP contribution is -2.00. The summed E-state index contributed by atoms with van der Waals surface area (Å²) in [5.74, 6) is -0.399. The molecule has 0 amide bonds. The molecule has 0 aliphatic heterocycles. The fourth-order valence-corrected chi connectivity index (χ4v) is 2.10. The zero-order valence-electron chi connectivity index (χ0n) is 12.0. The Balaban J connectivity index is 1.87. The lowest BCUT2D eigenvalue weighted by atomic mass is 10.1. The molecule has 0 aromatic heterocycles. The fourth-order valence-electron chi connectivity index (χ4n) is 2.10. The summed E-state index contributed by atoms with van der Waals surface area (Å²) < 4.78 is 0. The van der Waals surface area contributed by atoms with E-state index < -0.39 is 5.97 Å². The minimum Gasteiger partial charge on any atom is -0.508 e. The first-order chi connectivity index (χ1) is 9.68. The second-order valence-corrected chi connectivity index (χ2v) is 5.09. The number of anilines is 1. The van der Waals surface area contributed by atoms with Crippen molar-refractivity contribution >= 4 is 11.7 Å². The van der Waals surface area contributed by atoms with Crippen LogP contribution >= 0.6 is 0 Å². The van der Waals surface area contributed by atoms with E-state index in [1.807, 2.05) is 12.1 Å². The number of carbonyl (C=O) groups is 1. The Morgan fingerprint density at radius 2 is 1.45 bits per heavy atom. The zero-order chi connectivity index (χ0) is 14.6. The van der Waals surface area contributed by atoms with Crippen molar-refractivity contribution in [1.82, 2.24) is 0 Å². The van der Waals surface area contributed by atoms with E-state index in [-0.39, 0.29) is 0 Å². The van der Waals surface area contributed by atoms with Gasteiger partial charge in [0.25, 0.3) is 0 Å². The topological polar surface area (TPSA) is 69.6 Å². The number of unbranched alkanes of at least 4 members (excludes halogenated alkanes) is 6. The Morgan fingerprint density at radius 1 is 0.900 bits per heavy atom. The number of hydrogen-bond donors (Lipinski definition) is 3. The van der Waals surface area contributed by atoms with Gasteiger partial charge in [0, 0.05) is 18.7 Å². The quantitative estimate of drug-likeness (QED) is 0.423. The number of phenolic OH excluding ortho intramolecular Hbond substituents is 1. The van der Waals surface area contributed by atoms with Crippen molar-refractivity contribution in [3.8, 4) is 5.75 Å². The average Bonchev–Trinajstić information content (AvgIpc) is 2.42. The van der Waals surface area contributed by atoms with Crippen LogP contribution in [0.1, 0.15) is 51.4 Å². The second kappa shape index (κ2) is 10.1. The smallest absolute Gasteiger partial charge is 0.303 e. The maximum atomic E-state index is 10.3. The monoisotopic (exact) mass is 279 g/mol. The highest BCUT2D eigenvalue weighted by Crippen LogP contribution is 2.14. The van der Waals surface area contributed by atoms with E-state index in [4.69, 9.17) is 10.2 Å². The molecule has 112 valence electrons. The standard InChI is InChI=1S/C16H25NO3/c18-15-11-9-14(10-12-15)17-13-7-5-3-1-2-4-6-8-16(19)20/h9-12,17-18H,1-8,13H2,(H,19,20). The third-order valence-corrected chi connectivity index (χ3v) is 3.26. The van der Waals surface area contributed by atoms with Gasteiger partial charge in [-0.3, -0.25) is 4.79 Å². The van der Waals surface area contributed by atoms with E-state index in [9.17, 15) is 4.79 Å². The van der Waals surface area contributed by atoms with E-state index in [0.717, 1.165) is 37.9 Å². The van der Waals surface area contributed by atoms with Crippen molar-refractivity contribution in [3.05, 3.63) is 24.3 Å². The maximum absolute atomic E-state index is 10.3. The van der Waals surface area contributed by atoms with Crippen molar-refractivity contribution in [2.75, 3.05) is 11.9 Å². The van der Waals surface area contributed by atoms with Gasteiger partial charge in [0.15, 0.2) is 0 Å². The molecule has 0 fully saturated rings. The predicted octanol–water partition coefficient (Wildman–Crippen LogP) is 4.01. The molecule has 0 spiro atoms. The van der Waals surface area contributed by atoms with Crippen LogP contribution in [0, 0.1) is 0 Å². The Bertz CT molecular complexity index is 376. The molecule has 1 aromatic rings. The summed E-state index contributed by atoms with van der Waals surface area (Å²) in [6.07, 6.45) is 8.01. The van der Waals surface area contributed by atoms with Gasteiger partial charge >= 0.3 is 5.97 Å². The normalized spacial score (nSPS) is 10.4. The number of aromatic hydroxyl groups is 1. The Kier molecular flexibility index (Phi) is 8.27. The number of rotatable bonds is 11. The number of aliphatic carboxylic acids is 1. The van der Waals surface area contributed by atoms with Crippen molar-refractivity contribution < 1.29 is 15.0 Å². The lowest BCUT2D eigenvalue weighted by molar-refractivity contribution is -0.137. The van der Waals surface area contributed by atoms with E-state index in [2.05, 4.69) is 5.32 Å². The van der Waals surface area contributed by atoms with Gasteiger partial charge in [-0.1, -0.05) is 32.1 Å². The molecule has 0 atom stereocenters. The third kappa shape index (κ3) is 8.40. The van der Waals surface area contributed by atoms with Crippen LogP contribution in [0.2, 0.25) is 0 Å². The molecular formula is C16H25NO3. The molecule has 3 N–H and O–H groups in total. The molecular weight excluding hydrogens is 254 g/mol. The molecule has 0 radical (unpaired) electrons. The summed E-state index contributed by atoms with van der Waals surface area (Å²) in [5, 5.41) is 21.0. The van der Waals surface area contributed by atoms with Gasteiger partial charge < -0.3 is 15.5 Å². The molecule has 0 unspecified atom stereocenters. The summed E-state index contributed by atoms with van der Waals surface area (Å²) in [6.45, 7) is 0.948. The second-order valence-electron chi connectivity index (χ2n) is 5.09. The number of carboxylic acid groups (broad SMARTS) is 1. The first-order valence-electron chi connectivity index (χ1n) is 7.43. The van der Waals surface area contributed by atoms with Crippen molar-refractivity contribution in [1.29, 1.82) is 0 Å². The van der Waals surface area contributed by atoms with Gasteiger partial charge in [0.05, 0.1) is 0 Å². The molecule has 1 rings (SSSR count). The van der Waals surface area contributed by atoms with E-state index in [1.165, 1.54) is 19.3 Å². The number of nitrogens with one attached hydrogen (secondary N) is 1. The van der Waals surface area contributed by atoms with E-state index >= 15 is 0 Å². The molecule has 0 saturated heterocycles. The Hall–Kier alpha value is -1.71. The van der Waals surface area contributed by atoms with Crippen LogP contribution in [0.3, 0.4) is 0 Å². The van der Waals surface area contributed by atoms with Crippen molar-refractivity contribution in [3.63, 3.8) is 0 Å². The molecule has 1 aromatic carbocycles. The minimum atomic E-state index is -0.690. The molecule has 0 aliphatic carbocycles. The van der Waals surface area contributed by atoms with Crippen LogP contribution in [0.5, 0.6) is 5.75 Å². The van der Waals surface area contributed by atoms with Crippen molar-refractivity contribution in [2.45, 2.75) is 51.4 Å². The molecule has 20 heavy (non-hydrogen) atoms. The lowest BCUT2D eigenvalue weighted by Gasteiger charge is -2.06. The summed E-state index contributed by atoms with van der Waals surface area (Å²) in [5.41, 5.74) is 1.04. The number of benzene rings is 1. The summed E-state index contributed by atoms with van der Waals surface area (Å²) in [7, 11) is 0. The van der Waals surface area contributed by atoms with Crippen LogP contribution in [0.4, 0.5) is 5.69 Å². The van der Waals surface area contributed by atoms with E-state index in [1.54, 1.807) is 12.1 Å². The zero-order valence-corrected chi connectivity index (χ0v) is 12.0. The first-order valence-corrected chi connectivity index (χ1v) is 7.43. The Labute approximate surface area is 120 Å². The third-order valence-electron chi connectivity index (χ3n) is 3.26. The molecule has 0 heterocycles. The highest BCUT2D eigenvalue weighted by atomic mass is 16.4. The first kappa shape index (κ1) is 16.3. The molecule has 0 bridgehead atoms. The van der Waals surface area contributed by atoms with E-state index in [0.29, 0.717) is 12.2 Å². The highest BCUT2D eigenvalue weighted by molar-refractivity contribution is 5.66. The number of carboxylic acids is 1. The fraction of sp³-hybridized carbons (Fsp3) is 0.562. The van der Waals surface area contributed by atoms with Crippen molar-refractivity contribution in [2.24, 2.45) is 0 Å². The summed E-state index contributed by atoms with van der Waals surface area (Å²) in [6, 6.07) is 7.11. The Morgan fingerprint density at radius 3 is 2.05 bits per heavy atom. The summed E-state index contributed by atoms with van der Waals surface area (Å²) >= 11 is 0. The molecule has 4 heteroatoms. The van der Waals surface area contributed by atoms with Crippen LogP contribution in [0.15, 0.2) is 24.3 Å². The van der Waals surface area contributed by atoms with Crippen LogP contribution < -0.4 is 5.32 Å². The van der Waals surface area contributed by atoms with Crippen LogP contribution in [0.25, 0.3) is 0 Å². The van der Waals surface area contributed by atoms with Gasteiger partial charge in [0.1, 0.15) is 5.75 Å². The van der Waals surface area contributed by atoms with Crippen LogP contribution in [-0.2, 0) is 4.79 Å². The SMILES string of the molecule is O=C(O)CCCCCCCCCNc1ccc(O)cc1. The molecule has 4 nitrogen and oxygen atoms in total. The maximum Gasteiger partial charge on any atom is 0.303 e. The van der Waals surface area contributed by atoms with Gasteiger partial charge in [-0.25, -0.2) is 0 Å². The molecule has 0 saturated carbocycles. The number of phenols is 1. The minimum absolute atomic E-state index is 0.290. The summed E-state index contributed by atoms with van der Waals surface area (Å²) in [4.78, 5) is 10.3. The van der Waals surface area contributed by atoms with Crippen LogP contribution in [-0.4, -0.2) is 22.7 Å². The highest BCUT2D eigenvalue weighted by Gasteiger charge is 1.97.